The summed E-state index contributed by atoms with van der Waals surface area (Å²) >= 11 is 6.35. The Hall–Kier alpha value is -0.890. The second kappa shape index (κ2) is 5.85. The molecule has 0 heterocycles. The zero-order valence-electron chi connectivity index (χ0n) is 13.3. The lowest BCUT2D eigenvalue weighted by Crippen LogP contribution is -2.35. The van der Waals surface area contributed by atoms with Crippen molar-refractivity contribution < 1.29 is 0 Å². The molecule has 20 heavy (non-hydrogen) atoms. The second-order valence-corrected chi connectivity index (χ2v) is 7.72. The van der Waals surface area contributed by atoms with E-state index in [1.54, 1.807) is 0 Å². The van der Waals surface area contributed by atoms with E-state index in [2.05, 4.69) is 38.2 Å². The Labute approximate surface area is 128 Å². The molecule has 0 spiro atoms. The molecule has 1 fully saturated rings. The maximum Gasteiger partial charge on any atom is 0.0659 e. The van der Waals surface area contributed by atoms with Gasteiger partial charge in [-0.05, 0) is 48.8 Å². The lowest BCUT2D eigenvalue weighted by Gasteiger charge is -2.39. The molecule has 0 saturated heterocycles. The van der Waals surface area contributed by atoms with Gasteiger partial charge in [0.1, 0.15) is 0 Å². The predicted molar refractivity (Wildman–Crippen MR) is 90.0 cm³/mol. The minimum Gasteiger partial charge on any atom is -0.382 e. The van der Waals surface area contributed by atoms with Gasteiger partial charge in [-0.3, -0.25) is 0 Å². The topological polar surface area (TPSA) is 15.3 Å². The molecule has 2 atom stereocenters. The molecule has 2 nitrogen and oxygen atoms in total. The summed E-state index contributed by atoms with van der Waals surface area (Å²) in [6, 6.07) is 6.81. The predicted octanol–water partition coefficient (Wildman–Crippen LogP) is 5.03. The lowest BCUT2D eigenvalue weighted by molar-refractivity contribution is 0.178. The first-order valence-corrected chi connectivity index (χ1v) is 7.88. The molecule has 2 rings (SSSR count). The number of rotatable bonds is 3. The average molecular weight is 295 g/mol. The van der Waals surface area contributed by atoms with Gasteiger partial charge in [0.05, 0.1) is 10.7 Å². The summed E-state index contributed by atoms with van der Waals surface area (Å²) in [5.41, 5.74) is 2.63. The Morgan fingerprint density at radius 3 is 2.50 bits per heavy atom. The van der Waals surface area contributed by atoms with Gasteiger partial charge in [0.15, 0.2) is 0 Å². The van der Waals surface area contributed by atoms with E-state index in [1.165, 1.54) is 19.3 Å². The first kappa shape index (κ1) is 15.5. The van der Waals surface area contributed by atoms with Crippen LogP contribution in [0.15, 0.2) is 18.2 Å². The fourth-order valence-corrected chi connectivity index (χ4v) is 4.00. The van der Waals surface area contributed by atoms with Gasteiger partial charge in [0, 0.05) is 25.8 Å². The van der Waals surface area contributed by atoms with Crippen LogP contribution in [0.1, 0.15) is 40.0 Å². The van der Waals surface area contributed by atoms with Crippen LogP contribution >= 0.6 is 11.6 Å². The second-order valence-electron chi connectivity index (χ2n) is 7.32. The van der Waals surface area contributed by atoms with Gasteiger partial charge in [-0.2, -0.15) is 0 Å². The molecule has 0 radical (unpaired) electrons. The summed E-state index contributed by atoms with van der Waals surface area (Å²) in [5.74, 6) is 0.785. The maximum atomic E-state index is 6.35. The number of benzene rings is 1. The molecule has 0 aromatic heterocycles. The minimum atomic E-state index is 0.433. The highest BCUT2D eigenvalue weighted by Crippen LogP contribution is 2.40. The van der Waals surface area contributed by atoms with Crippen LogP contribution in [0.3, 0.4) is 0 Å². The van der Waals surface area contributed by atoms with Crippen molar-refractivity contribution in [2.45, 2.75) is 46.1 Å². The van der Waals surface area contributed by atoms with Crippen LogP contribution in [0.25, 0.3) is 0 Å². The van der Waals surface area contributed by atoms with Crippen molar-refractivity contribution in [1.29, 1.82) is 0 Å². The van der Waals surface area contributed by atoms with E-state index in [4.69, 9.17) is 11.6 Å². The first-order valence-electron chi connectivity index (χ1n) is 7.50. The third-order valence-electron chi connectivity index (χ3n) is 4.19. The van der Waals surface area contributed by atoms with E-state index in [0.717, 1.165) is 22.3 Å². The van der Waals surface area contributed by atoms with Crippen molar-refractivity contribution in [3.63, 3.8) is 0 Å². The van der Waals surface area contributed by atoms with Crippen molar-refractivity contribution in [2.75, 3.05) is 24.3 Å². The highest BCUT2D eigenvalue weighted by Gasteiger charge is 2.31. The van der Waals surface area contributed by atoms with E-state index < -0.39 is 0 Å². The molecule has 2 unspecified atom stereocenters. The summed E-state index contributed by atoms with van der Waals surface area (Å²) in [6.45, 7) is 7.11. The van der Waals surface area contributed by atoms with Crippen molar-refractivity contribution in [2.24, 2.45) is 11.3 Å². The van der Waals surface area contributed by atoms with Crippen molar-refractivity contribution >= 4 is 23.0 Å². The molecule has 1 aliphatic rings. The molecule has 0 bridgehead atoms. The zero-order chi connectivity index (χ0) is 14.9. The summed E-state index contributed by atoms with van der Waals surface area (Å²) in [6.07, 6.45) is 3.80. The van der Waals surface area contributed by atoms with Crippen LogP contribution in [-0.4, -0.2) is 20.1 Å². The Balaban J connectivity index is 2.08. The van der Waals surface area contributed by atoms with E-state index in [9.17, 15) is 0 Å². The van der Waals surface area contributed by atoms with Gasteiger partial charge < -0.3 is 10.2 Å². The minimum absolute atomic E-state index is 0.433. The number of halogens is 1. The van der Waals surface area contributed by atoms with Crippen LogP contribution in [0.4, 0.5) is 11.4 Å². The standard InChI is InChI=1S/C17H27ClN2/c1-12-8-14(11-17(2,3)10-12)19-13-6-7-16(20(4)5)15(18)9-13/h6-7,9,12,14,19H,8,10-11H2,1-5H3. The maximum absolute atomic E-state index is 6.35. The quantitative estimate of drug-likeness (QED) is 0.841. The normalized spacial score (nSPS) is 25.3. The molecule has 1 aromatic carbocycles. The Morgan fingerprint density at radius 2 is 1.95 bits per heavy atom. The highest BCUT2D eigenvalue weighted by molar-refractivity contribution is 6.33. The molecule has 112 valence electrons. The third-order valence-corrected chi connectivity index (χ3v) is 4.49. The van der Waals surface area contributed by atoms with Crippen LogP contribution in [0.2, 0.25) is 5.02 Å². The molecule has 3 heteroatoms. The van der Waals surface area contributed by atoms with Gasteiger partial charge in [0.25, 0.3) is 0 Å². The fourth-order valence-electron chi connectivity index (χ4n) is 3.65. The molecule has 1 aromatic rings. The van der Waals surface area contributed by atoms with Crippen molar-refractivity contribution in [3.05, 3.63) is 23.2 Å². The van der Waals surface area contributed by atoms with E-state index in [1.807, 2.05) is 25.1 Å². The Morgan fingerprint density at radius 1 is 1.25 bits per heavy atom. The number of anilines is 2. The Kier molecular flexibility index (Phi) is 4.53. The molecule has 0 amide bonds. The van der Waals surface area contributed by atoms with Crippen LogP contribution in [0, 0.1) is 11.3 Å². The molecule has 1 saturated carbocycles. The summed E-state index contributed by atoms with van der Waals surface area (Å²) in [7, 11) is 4.03. The largest absolute Gasteiger partial charge is 0.382 e. The highest BCUT2D eigenvalue weighted by atomic mass is 35.5. The molecular weight excluding hydrogens is 268 g/mol. The van der Waals surface area contributed by atoms with Crippen LogP contribution in [-0.2, 0) is 0 Å². The summed E-state index contributed by atoms with van der Waals surface area (Å²) in [4.78, 5) is 2.04. The first-order chi connectivity index (χ1) is 9.27. The number of hydrogen-bond acceptors (Lipinski definition) is 2. The lowest BCUT2D eigenvalue weighted by atomic mass is 9.70. The van der Waals surface area contributed by atoms with Gasteiger partial charge in [-0.25, -0.2) is 0 Å². The summed E-state index contributed by atoms with van der Waals surface area (Å²) in [5, 5.41) is 4.48. The van der Waals surface area contributed by atoms with Gasteiger partial charge in [-0.15, -0.1) is 0 Å². The number of hydrogen-bond donors (Lipinski definition) is 1. The van der Waals surface area contributed by atoms with Gasteiger partial charge in [-0.1, -0.05) is 32.4 Å². The monoisotopic (exact) mass is 294 g/mol. The van der Waals surface area contributed by atoms with Crippen LogP contribution in [0.5, 0.6) is 0 Å². The molecule has 0 aliphatic heterocycles. The smallest absolute Gasteiger partial charge is 0.0659 e. The zero-order valence-corrected chi connectivity index (χ0v) is 14.1. The Bertz CT molecular complexity index is 468. The summed E-state index contributed by atoms with van der Waals surface area (Å²) < 4.78 is 0. The van der Waals surface area contributed by atoms with E-state index in [-0.39, 0.29) is 0 Å². The molecule has 1 N–H and O–H groups in total. The van der Waals surface area contributed by atoms with Crippen LogP contribution < -0.4 is 10.2 Å². The van der Waals surface area contributed by atoms with E-state index in [0.29, 0.717) is 11.5 Å². The average Bonchev–Trinajstić information content (AvgIpc) is 2.25. The van der Waals surface area contributed by atoms with Gasteiger partial charge >= 0.3 is 0 Å². The number of nitrogens with zero attached hydrogens (tertiary/aromatic N) is 1. The van der Waals surface area contributed by atoms with Gasteiger partial charge in [0.2, 0.25) is 0 Å². The van der Waals surface area contributed by atoms with Crippen molar-refractivity contribution in [3.8, 4) is 0 Å². The molecule has 1 aliphatic carbocycles. The third kappa shape index (κ3) is 3.82. The van der Waals surface area contributed by atoms with E-state index >= 15 is 0 Å². The molecular formula is C17H27ClN2. The number of nitrogens with one attached hydrogen (secondary N) is 1. The fraction of sp³-hybridized carbons (Fsp3) is 0.647. The SMILES string of the molecule is CC1CC(Nc2ccc(N(C)C)c(Cl)c2)CC(C)(C)C1. The van der Waals surface area contributed by atoms with Crippen molar-refractivity contribution in [1.82, 2.24) is 0 Å².